The zero-order valence-electron chi connectivity index (χ0n) is 13.3. The highest BCUT2D eigenvalue weighted by Gasteiger charge is 2.27. The van der Waals surface area contributed by atoms with Gasteiger partial charge < -0.3 is 5.32 Å². The molecule has 1 heterocycles. The third kappa shape index (κ3) is 5.44. The van der Waals surface area contributed by atoms with E-state index in [0.29, 0.717) is 25.2 Å². The Morgan fingerprint density at radius 1 is 1.36 bits per heavy atom. The number of carbonyl (C=O) groups is 1. The van der Waals surface area contributed by atoms with Gasteiger partial charge in [-0.2, -0.15) is 0 Å². The lowest BCUT2D eigenvalue weighted by molar-refractivity contribution is -0.116. The second kappa shape index (κ2) is 7.27. The molecule has 1 unspecified atom stereocenters. The number of hydrogen-bond donors (Lipinski definition) is 1. The van der Waals surface area contributed by atoms with Gasteiger partial charge in [-0.05, 0) is 48.8 Å². The molecule has 1 aromatic carbocycles. The zero-order valence-corrected chi connectivity index (χ0v) is 14.2. The maximum atomic E-state index is 12.0. The first kappa shape index (κ1) is 17.0. The summed E-state index contributed by atoms with van der Waals surface area (Å²) in [7, 11) is -2.85. The summed E-state index contributed by atoms with van der Waals surface area (Å²) < 4.78 is 22.8. The van der Waals surface area contributed by atoms with Crippen molar-refractivity contribution in [1.82, 2.24) is 0 Å². The Morgan fingerprint density at radius 2 is 2.14 bits per heavy atom. The molecule has 1 fully saturated rings. The van der Waals surface area contributed by atoms with Crippen molar-refractivity contribution in [2.75, 3.05) is 16.8 Å². The fourth-order valence-corrected chi connectivity index (χ4v) is 4.82. The Morgan fingerprint density at radius 3 is 2.77 bits per heavy atom. The molecule has 1 atom stereocenters. The van der Waals surface area contributed by atoms with Crippen LogP contribution < -0.4 is 5.32 Å². The molecular weight excluding hydrogens is 298 g/mol. The van der Waals surface area contributed by atoms with Gasteiger partial charge >= 0.3 is 0 Å². The van der Waals surface area contributed by atoms with Gasteiger partial charge in [-0.25, -0.2) is 8.42 Å². The van der Waals surface area contributed by atoms with Crippen LogP contribution in [-0.2, 0) is 21.1 Å². The highest BCUT2D eigenvalue weighted by molar-refractivity contribution is 7.91. The van der Waals surface area contributed by atoms with Crippen molar-refractivity contribution in [2.45, 2.75) is 39.5 Å². The molecule has 0 aromatic heterocycles. The zero-order chi connectivity index (χ0) is 16.2. The van der Waals surface area contributed by atoms with Crippen LogP contribution in [0.3, 0.4) is 0 Å². The smallest absolute Gasteiger partial charge is 0.224 e. The summed E-state index contributed by atoms with van der Waals surface area (Å²) in [5.41, 5.74) is 2.04. The van der Waals surface area contributed by atoms with Gasteiger partial charge in [0.25, 0.3) is 0 Å². The molecule has 122 valence electrons. The van der Waals surface area contributed by atoms with Crippen molar-refractivity contribution >= 4 is 21.4 Å². The summed E-state index contributed by atoms with van der Waals surface area (Å²) in [4.78, 5) is 12.0. The lowest BCUT2D eigenvalue weighted by atomic mass is 10.0. The number of sulfone groups is 1. The highest BCUT2D eigenvalue weighted by Crippen LogP contribution is 2.23. The third-order valence-electron chi connectivity index (χ3n) is 3.96. The van der Waals surface area contributed by atoms with Crippen molar-refractivity contribution in [3.63, 3.8) is 0 Å². The van der Waals surface area contributed by atoms with Crippen LogP contribution in [-0.4, -0.2) is 25.8 Å². The van der Waals surface area contributed by atoms with Gasteiger partial charge in [0, 0.05) is 12.1 Å². The molecule has 1 aromatic rings. The van der Waals surface area contributed by atoms with Crippen LogP contribution in [0.1, 0.15) is 38.7 Å². The van der Waals surface area contributed by atoms with E-state index in [4.69, 9.17) is 0 Å². The minimum Gasteiger partial charge on any atom is -0.326 e. The molecule has 0 bridgehead atoms. The summed E-state index contributed by atoms with van der Waals surface area (Å²) >= 11 is 0. The Balaban J connectivity index is 1.82. The van der Waals surface area contributed by atoms with Crippen LogP contribution in [0.4, 0.5) is 5.69 Å². The molecule has 1 amide bonds. The largest absolute Gasteiger partial charge is 0.326 e. The van der Waals surface area contributed by atoms with Gasteiger partial charge in [0.05, 0.1) is 11.5 Å². The average molecular weight is 323 g/mol. The molecule has 0 spiro atoms. The fourth-order valence-electron chi connectivity index (χ4n) is 2.91. The molecule has 1 aliphatic rings. The fraction of sp³-hybridized carbons (Fsp3) is 0.588. The van der Waals surface area contributed by atoms with E-state index in [1.165, 1.54) is 5.56 Å². The van der Waals surface area contributed by atoms with E-state index >= 15 is 0 Å². The quantitative estimate of drug-likeness (QED) is 0.875. The van der Waals surface area contributed by atoms with Crippen molar-refractivity contribution < 1.29 is 13.2 Å². The predicted molar refractivity (Wildman–Crippen MR) is 89.6 cm³/mol. The highest BCUT2D eigenvalue weighted by atomic mass is 32.2. The van der Waals surface area contributed by atoms with Gasteiger partial charge in [0.2, 0.25) is 5.91 Å². The molecule has 0 aliphatic carbocycles. The topological polar surface area (TPSA) is 63.2 Å². The minimum absolute atomic E-state index is 0.0361. The normalized spacial score (nSPS) is 20.2. The molecule has 1 N–H and O–H groups in total. The Kier molecular flexibility index (Phi) is 5.62. The molecular formula is C17H25NO3S. The number of nitrogens with one attached hydrogen (secondary N) is 1. The Bertz CT molecular complexity index is 623. The van der Waals surface area contributed by atoms with Gasteiger partial charge in [-0.1, -0.05) is 26.0 Å². The van der Waals surface area contributed by atoms with E-state index in [0.717, 1.165) is 12.1 Å². The summed E-state index contributed by atoms with van der Waals surface area (Å²) in [5.74, 6) is 1.20. The molecule has 0 saturated carbocycles. The number of carbonyl (C=O) groups excluding carboxylic acids is 1. The van der Waals surface area contributed by atoms with E-state index in [2.05, 4.69) is 25.2 Å². The molecule has 1 aliphatic heterocycles. The van der Waals surface area contributed by atoms with E-state index < -0.39 is 9.84 Å². The standard InChI is InChI=1S/C17H25NO3S/c1-13(2)10-15-4-3-5-16(11-15)18-17(19)7-6-14-8-9-22(20,21)12-14/h3-5,11,13-14H,6-10,12H2,1-2H3,(H,18,19). The number of rotatable bonds is 6. The van der Waals surface area contributed by atoms with Crippen LogP contribution >= 0.6 is 0 Å². The lowest BCUT2D eigenvalue weighted by Gasteiger charge is -2.10. The maximum absolute atomic E-state index is 12.0. The average Bonchev–Trinajstić information content (AvgIpc) is 2.76. The SMILES string of the molecule is CC(C)Cc1cccc(NC(=O)CCC2CCS(=O)(=O)C2)c1. The van der Waals surface area contributed by atoms with E-state index in [9.17, 15) is 13.2 Å². The van der Waals surface area contributed by atoms with Crippen molar-refractivity contribution in [3.8, 4) is 0 Å². The van der Waals surface area contributed by atoms with Gasteiger partial charge in [0.1, 0.15) is 0 Å². The summed E-state index contributed by atoms with van der Waals surface area (Å²) in [5, 5.41) is 2.91. The van der Waals surface area contributed by atoms with Gasteiger partial charge in [-0.15, -0.1) is 0 Å². The van der Waals surface area contributed by atoms with Crippen LogP contribution in [0.5, 0.6) is 0 Å². The Labute approximate surface area is 133 Å². The molecule has 0 radical (unpaired) electrons. The summed E-state index contributed by atoms with van der Waals surface area (Å²) in [6, 6.07) is 7.93. The molecule has 5 heteroatoms. The lowest BCUT2D eigenvalue weighted by Crippen LogP contribution is -2.14. The minimum atomic E-state index is -2.85. The van der Waals surface area contributed by atoms with Crippen molar-refractivity contribution in [2.24, 2.45) is 11.8 Å². The molecule has 4 nitrogen and oxygen atoms in total. The van der Waals surface area contributed by atoms with E-state index in [1.54, 1.807) is 0 Å². The van der Waals surface area contributed by atoms with Gasteiger partial charge in [0.15, 0.2) is 9.84 Å². The van der Waals surface area contributed by atoms with Crippen LogP contribution in [0.2, 0.25) is 0 Å². The Hall–Kier alpha value is -1.36. The number of benzene rings is 1. The first-order valence-corrected chi connectivity index (χ1v) is 9.75. The molecule has 2 rings (SSSR count). The maximum Gasteiger partial charge on any atom is 0.224 e. The van der Waals surface area contributed by atoms with Crippen LogP contribution in [0.15, 0.2) is 24.3 Å². The van der Waals surface area contributed by atoms with E-state index in [1.807, 2.05) is 18.2 Å². The number of hydrogen-bond acceptors (Lipinski definition) is 3. The second-order valence-electron chi connectivity index (χ2n) is 6.65. The second-order valence-corrected chi connectivity index (χ2v) is 8.88. The van der Waals surface area contributed by atoms with Crippen LogP contribution in [0.25, 0.3) is 0 Å². The van der Waals surface area contributed by atoms with Gasteiger partial charge in [-0.3, -0.25) is 4.79 Å². The first-order valence-electron chi connectivity index (χ1n) is 7.93. The van der Waals surface area contributed by atoms with Crippen molar-refractivity contribution in [3.05, 3.63) is 29.8 Å². The predicted octanol–water partition coefficient (Wildman–Crippen LogP) is 3.04. The third-order valence-corrected chi connectivity index (χ3v) is 5.80. The number of anilines is 1. The monoisotopic (exact) mass is 323 g/mol. The molecule has 22 heavy (non-hydrogen) atoms. The molecule has 1 saturated heterocycles. The van der Waals surface area contributed by atoms with Crippen molar-refractivity contribution in [1.29, 1.82) is 0 Å². The summed E-state index contributed by atoms with van der Waals surface area (Å²) in [6.07, 6.45) is 2.72. The van der Waals surface area contributed by atoms with E-state index in [-0.39, 0.29) is 23.3 Å². The number of amides is 1. The summed E-state index contributed by atoms with van der Waals surface area (Å²) in [6.45, 7) is 4.34. The van der Waals surface area contributed by atoms with Crippen LogP contribution in [0, 0.1) is 11.8 Å². The first-order chi connectivity index (χ1) is 10.3.